The number of nitrogens with one attached hydrogen (secondary N) is 1. The third-order valence-corrected chi connectivity index (χ3v) is 4.05. The lowest BCUT2D eigenvalue weighted by atomic mass is 10.1. The van der Waals surface area contributed by atoms with Crippen molar-refractivity contribution in [3.63, 3.8) is 0 Å². The van der Waals surface area contributed by atoms with Gasteiger partial charge in [-0.05, 0) is 31.4 Å². The molecule has 6 heteroatoms. The van der Waals surface area contributed by atoms with Crippen LogP contribution >= 0.6 is 23.2 Å². The van der Waals surface area contributed by atoms with Crippen molar-refractivity contribution in [1.82, 2.24) is 5.32 Å². The van der Waals surface area contributed by atoms with Gasteiger partial charge in [-0.3, -0.25) is 4.79 Å². The van der Waals surface area contributed by atoms with Crippen LogP contribution in [0.3, 0.4) is 0 Å². The molecule has 1 aromatic rings. The molecule has 21 heavy (non-hydrogen) atoms. The Morgan fingerprint density at radius 2 is 2.10 bits per heavy atom. The molecule has 1 rings (SSSR count). The molecule has 0 bridgehead atoms. The molecule has 0 radical (unpaired) electrons. The number of carbonyl (C=O) groups is 1. The molecule has 118 valence electrons. The Hall–Kier alpha value is -0.970. The predicted molar refractivity (Wildman–Crippen MR) is 85.0 cm³/mol. The molecular formula is C15H21Cl2NO3. The van der Waals surface area contributed by atoms with Crippen molar-refractivity contribution in [2.75, 3.05) is 13.2 Å². The first-order valence-electron chi connectivity index (χ1n) is 6.92. The van der Waals surface area contributed by atoms with Crippen molar-refractivity contribution in [3.05, 3.63) is 28.2 Å². The number of amides is 1. The van der Waals surface area contributed by atoms with E-state index in [0.717, 1.165) is 0 Å². The van der Waals surface area contributed by atoms with Crippen molar-refractivity contribution in [3.8, 4) is 5.75 Å². The molecule has 0 aliphatic rings. The molecule has 0 spiro atoms. The number of halogens is 2. The lowest BCUT2D eigenvalue weighted by molar-refractivity contribution is -0.122. The summed E-state index contributed by atoms with van der Waals surface area (Å²) in [6, 6.07) is 5.13. The Balaban J connectivity index is 2.28. The van der Waals surface area contributed by atoms with E-state index in [1.165, 1.54) is 0 Å². The van der Waals surface area contributed by atoms with Gasteiger partial charge >= 0.3 is 0 Å². The third kappa shape index (κ3) is 6.12. The minimum Gasteiger partial charge on any atom is -0.492 e. The van der Waals surface area contributed by atoms with Crippen LogP contribution < -0.4 is 10.1 Å². The number of hydrogen-bond acceptors (Lipinski definition) is 3. The van der Waals surface area contributed by atoms with Gasteiger partial charge in [-0.1, -0.05) is 36.2 Å². The van der Waals surface area contributed by atoms with Crippen molar-refractivity contribution in [2.45, 2.75) is 32.7 Å². The van der Waals surface area contributed by atoms with Crippen molar-refractivity contribution < 1.29 is 14.6 Å². The fourth-order valence-corrected chi connectivity index (χ4v) is 1.98. The number of benzene rings is 1. The van der Waals surface area contributed by atoms with E-state index in [4.69, 9.17) is 33.0 Å². The molecule has 1 amide bonds. The van der Waals surface area contributed by atoms with Crippen molar-refractivity contribution >= 4 is 29.1 Å². The van der Waals surface area contributed by atoms with Crippen LogP contribution in [0.4, 0.5) is 0 Å². The zero-order valence-corrected chi connectivity index (χ0v) is 13.7. The number of carbonyl (C=O) groups excluding carboxylic acids is 1. The Morgan fingerprint density at radius 1 is 1.38 bits per heavy atom. The van der Waals surface area contributed by atoms with E-state index in [9.17, 15) is 4.79 Å². The monoisotopic (exact) mass is 333 g/mol. The second kappa shape index (κ2) is 9.13. The molecule has 0 aliphatic heterocycles. The zero-order valence-electron chi connectivity index (χ0n) is 12.2. The largest absolute Gasteiger partial charge is 0.492 e. The molecule has 2 atom stereocenters. The highest BCUT2D eigenvalue weighted by atomic mass is 35.5. The summed E-state index contributed by atoms with van der Waals surface area (Å²) in [5.74, 6) is 0.505. The first-order valence-corrected chi connectivity index (χ1v) is 7.68. The van der Waals surface area contributed by atoms with Crippen LogP contribution in [0.1, 0.15) is 26.7 Å². The summed E-state index contributed by atoms with van der Waals surface area (Å²) in [5, 5.41) is 12.7. The van der Waals surface area contributed by atoms with Gasteiger partial charge in [-0.2, -0.15) is 0 Å². The lowest BCUT2D eigenvalue weighted by Gasteiger charge is -2.19. The standard InChI is InChI=1S/C15H21Cl2NO3/c1-10(9-19)11(2)18-14(20)7-4-8-21-13-6-3-5-12(16)15(13)17/h3,5-6,10-11,19H,4,7-9H2,1-2H3,(H,18,20). The average Bonchev–Trinajstić information content (AvgIpc) is 2.46. The molecule has 0 heterocycles. The second-order valence-electron chi connectivity index (χ2n) is 5.02. The minimum atomic E-state index is -0.0522. The number of aliphatic hydroxyl groups excluding tert-OH is 1. The van der Waals surface area contributed by atoms with Gasteiger partial charge in [0.15, 0.2) is 0 Å². The smallest absolute Gasteiger partial charge is 0.220 e. The van der Waals surface area contributed by atoms with Crippen molar-refractivity contribution in [1.29, 1.82) is 0 Å². The van der Waals surface area contributed by atoms with Crippen LogP contribution in [-0.4, -0.2) is 30.3 Å². The summed E-state index contributed by atoms with van der Waals surface area (Å²) in [6.45, 7) is 4.20. The van der Waals surface area contributed by atoms with Gasteiger partial charge in [0.1, 0.15) is 10.8 Å². The number of rotatable bonds is 8. The SMILES string of the molecule is CC(CO)C(C)NC(=O)CCCOc1cccc(Cl)c1Cl. The number of ether oxygens (including phenoxy) is 1. The molecule has 2 N–H and O–H groups in total. The maximum Gasteiger partial charge on any atom is 0.220 e. The summed E-state index contributed by atoms with van der Waals surface area (Å²) >= 11 is 11.9. The topological polar surface area (TPSA) is 58.6 Å². The molecule has 0 aromatic heterocycles. The van der Waals surface area contributed by atoms with E-state index in [1.54, 1.807) is 18.2 Å². The van der Waals surface area contributed by atoms with Gasteiger partial charge in [0, 0.05) is 19.1 Å². The average molecular weight is 334 g/mol. The van der Waals surface area contributed by atoms with Gasteiger partial charge in [0.25, 0.3) is 0 Å². The Morgan fingerprint density at radius 3 is 2.76 bits per heavy atom. The number of aliphatic hydroxyl groups is 1. The van der Waals surface area contributed by atoms with Crippen LogP contribution in [-0.2, 0) is 4.79 Å². The molecule has 0 saturated heterocycles. The van der Waals surface area contributed by atoms with Gasteiger partial charge in [0.05, 0.1) is 11.6 Å². The van der Waals surface area contributed by atoms with Crippen LogP contribution in [0.15, 0.2) is 18.2 Å². The first-order chi connectivity index (χ1) is 9.95. The summed E-state index contributed by atoms with van der Waals surface area (Å²) in [7, 11) is 0. The highest BCUT2D eigenvalue weighted by molar-refractivity contribution is 6.42. The molecule has 4 nitrogen and oxygen atoms in total. The highest BCUT2D eigenvalue weighted by Crippen LogP contribution is 2.31. The first kappa shape index (κ1) is 18.1. The Kier molecular flexibility index (Phi) is 7.86. The summed E-state index contributed by atoms with van der Waals surface area (Å²) in [6.07, 6.45) is 0.940. The lowest BCUT2D eigenvalue weighted by Crippen LogP contribution is -2.38. The Labute approximate surface area is 135 Å². The highest BCUT2D eigenvalue weighted by Gasteiger charge is 2.13. The number of hydrogen-bond donors (Lipinski definition) is 2. The van der Waals surface area contributed by atoms with E-state index >= 15 is 0 Å². The minimum absolute atomic E-state index is 0.0375. The van der Waals surface area contributed by atoms with Gasteiger partial charge in [0.2, 0.25) is 5.91 Å². The van der Waals surface area contributed by atoms with Gasteiger partial charge in [-0.25, -0.2) is 0 Å². The maximum absolute atomic E-state index is 11.7. The molecule has 2 unspecified atom stereocenters. The van der Waals surface area contributed by atoms with Crippen LogP contribution in [0.5, 0.6) is 5.75 Å². The quantitative estimate of drug-likeness (QED) is 0.717. The van der Waals surface area contributed by atoms with Crippen LogP contribution in [0, 0.1) is 5.92 Å². The summed E-state index contributed by atoms with van der Waals surface area (Å²) < 4.78 is 5.51. The normalized spacial score (nSPS) is 13.6. The maximum atomic E-state index is 11.7. The van der Waals surface area contributed by atoms with Crippen molar-refractivity contribution in [2.24, 2.45) is 5.92 Å². The van der Waals surface area contributed by atoms with E-state index in [-0.39, 0.29) is 24.5 Å². The molecule has 0 saturated carbocycles. The molecule has 0 aliphatic carbocycles. The van der Waals surface area contributed by atoms with Crippen LogP contribution in [0.2, 0.25) is 10.0 Å². The zero-order chi connectivity index (χ0) is 15.8. The third-order valence-electron chi connectivity index (χ3n) is 3.25. The fraction of sp³-hybridized carbons (Fsp3) is 0.533. The Bertz CT molecular complexity index is 468. The van der Waals surface area contributed by atoms with Gasteiger partial charge in [-0.15, -0.1) is 0 Å². The second-order valence-corrected chi connectivity index (χ2v) is 5.81. The fourth-order valence-electron chi connectivity index (χ4n) is 1.64. The van der Waals surface area contributed by atoms with Gasteiger partial charge < -0.3 is 15.2 Å². The molecule has 1 aromatic carbocycles. The molecular weight excluding hydrogens is 313 g/mol. The van der Waals surface area contributed by atoms with E-state index in [0.29, 0.717) is 35.2 Å². The van der Waals surface area contributed by atoms with E-state index < -0.39 is 0 Å². The van der Waals surface area contributed by atoms with E-state index in [1.807, 2.05) is 13.8 Å². The summed E-state index contributed by atoms with van der Waals surface area (Å²) in [4.78, 5) is 11.7. The van der Waals surface area contributed by atoms with E-state index in [2.05, 4.69) is 5.32 Å². The predicted octanol–water partition coefficient (Wildman–Crippen LogP) is 3.29. The van der Waals surface area contributed by atoms with Crippen LogP contribution in [0.25, 0.3) is 0 Å². The molecule has 0 fully saturated rings. The summed E-state index contributed by atoms with van der Waals surface area (Å²) in [5.41, 5.74) is 0.